The minimum Gasteiger partial charge on any atom is -0.497 e. The van der Waals surface area contributed by atoms with Crippen LogP contribution < -0.4 is 10.1 Å². The van der Waals surface area contributed by atoms with Gasteiger partial charge in [-0.05, 0) is 37.0 Å². The second-order valence-electron chi connectivity index (χ2n) is 5.23. The quantitative estimate of drug-likeness (QED) is 0.819. The third-order valence-electron chi connectivity index (χ3n) is 3.85. The first-order valence-electron chi connectivity index (χ1n) is 7.34. The topological polar surface area (TPSA) is 47.6 Å². The molecule has 2 rings (SSSR count). The van der Waals surface area contributed by atoms with Crippen LogP contribution >= 0.6 is 0 Å². The Morgan fingerprint density at radius 1 is 1.38 bits per heavy atom. The number of rotatable bonds is 6. The monoisotopic (exact) mass is 289 g/mol. The van der Waals surface area contributed by atoms with Gasteiger partial charge in [-0.2, -0.15) is 0 Å². The Morgan fingerprint density at radius 3 is 2.90 bits per heavy atom. The zero-order valence-corrected chi connectivity index (χ0v) is 12.7. The fourth-order valence-electron chi connectivity index (χ4n) is 2.55. The van der Waals surface area contributed by atoms with Gasteiger partial charge >= 0.3 is 0 Å². The SMILES string of the molecule is COc1cccc([C@@H](CNC(=O)[C@H]2CC=CCC2)OC)c1. The molecule has 1 aromatic rings. The first kappa shape index (κ1) is 15.6. The normalized spacial score (nSPS) is 19.0. The number of carbonyl (C=O) groups excluding carboxylic acids is 1. The lowest BCUT2D eigenvalue weighted by molar-refractivity contribution is -0.125. The maximum atomic E-state index is 12.1. The summed E-state index contributed by atoms with van der Waals surface area (Å²) in [6.07, 6.45) is 6.81. The van der Waals surface area contributed by atoms with Crippen molar-refractivity contribution in [2.75, 3.05) is 20.8 Å². The van der Waals surface area contributed by atoms with Gasteiger partial charge in [0.15, 0.2) is 0 Å². The second-order valence-corrected chi connectivity index (χ2v) is 5.23. The second kappa shape index (κ2) is 7.84. The van der Waals surface area contributed by atoms with Gasteiger partial charge in [0.05, 0.1) is 13.2 Å². The third kappa shape index (κ3) is 4.33. The van der Waals surface area contributed by atoms with Gasteiger partial charge in [-0.3, -0.25) is 4.79 Å². The fraction of sp³-hybridized carbons (Fsp3) is 0.471. The van der Waals surface area contributed by atoms with Gasteiger partial charge in [0.2, 0.25) is 5.91 Å². The zero-order valence-electron chi connectivity index (χ0n) is 12.7. The van der Waals surface area contributed by atoms with E-state index in [0.29, 0.717) is 6.54 Å². The first-order chi connectivity index (χ1) is 10.2. The standard InChI is InChI=1S/C17H23NO3/c1-20-15-10-6-9-14(11-15)16(21-2)12-18-17(19)13-7-4-3-5-8-13/h3-4,6,9-11,13,16H,5,7-8,12H2,1-2H3,(H,18,19)/t13-,16+/m0/s1. The van der Waals surface area contributed by atoms with Crippen molar-refractivity contribution < 1.29 is 14.3 Å². The molecular formula is C17H23NO3. The van der Waals surface area contributed by atoms with Crippen molar-refractivity contribution in [2.24, 2.45) is 5.92 Å². The summed E-state index contributed by atoms with van der Waals surface area (Å²) in [5.74, 6) is 1.00. The van der Waals surface area contributed by atoms with Crippen molar-refractivity contribution in [1.29, 1.82) is 0 Å². The highest BCUT2D eigenvalue weighted by molar-refractivity contribution is 5.79. The smallest absolute Gasteiger partial charge is 0.223 e. The summed E-state index contributed by atoms with van der Waals surface area (Å²) in [6, 6.07) is 7.73. The number of methoxy groups -OCH3 is 2. The number of hydrogen-bond donors (Lipinski definition) is 1. The molecule has 0 saturated carbocycles. The van der Waals surface area contributed by atoms with Crippen molar-refractivity contribution in [1.82, 2.24) is 5.32 Å². The van der Waals surface area contributed by atoms with E-state index in [0.717, 1.165) is 30.6 Å². The highest BCUT2D eigenvalue weighted by Gasteiger charge is 2.20. The molecule has 0 radical (unpaired) electrons. The minimum absolute atomic E-state index is 0.0952. The van der Waals surface area contributed by atoms with Gasteiger partial charge in [-0.1, -0.05) is 24.3 Å². The Labute approximate surface area is 126 Å². The highest BCUT2D eigenvalue weighted by atomic mass is 16.5. The fourth-order valence-corrected chi connectivity index (χ4v) is 2.55. The largest absolute Gasteiger partial charge is 0.497 e. The number of ether oxygens (including phenoxy) is 2. The van der Waals surface area contributed by atoms with Crippen molar-refractivity contribution in [3.63, 3.8) is 0 Å². The molecule has 4 heteroatoms. The summed E-state index contributed by atoms with van der Waals surface area (Å²) < 4.78 is 10.7. The molecule has 1 N–H and O–H groups in total. The Bertz CT molecular complexity index is 499. The predicted molar refractivity (Wildman–Crippen MR) is 82.2 cm³/mol. The zero-order chi connectivity index (χ0) is 15.1. The number of hydrogen-bond acceptors (Lipinski definition) is 3. The molecule has 1 amide bonds. The molecule has 1 aliphatic rings. The Kier molecular flexibility index (Phi) is 5.81. The van der Waals surface area contributed by atoms with E-state index in [1.165, 1.54) is 0 Å². The summed E-state index contributed by atoms with van der Waals surface area (Å²) >= 11 is 0. The van der Waals surface area contributed by atoms with Crippen LogP contribution in [0.5, 0.6) is 5.75 Å². The molecule has 0 bridgehead atoms. The van der Waals surface area contributed by atoms with E-state index in [1.807, 2.05) is 24.3 Å². The van der Waals surface area contributed by atoms with E-state index < -0.39 is 0 Å². The van der Waals surface area contributed by atoms with E-state index in [-0.39, 0.29) is 17.9 Å². The van der Waals surface area contributed by atoms with Gasteiger partial charge < -0.3 is 14.8 Å². The van der Waals surface area contributed by atoms with Crippen LogP contribution in [0.1, 0.15) is 30.9 Å². The molecule has 0 aromatic heterocycles. The van der Waals surface area contributed by atoms with Crippen LogP contribution in [0.4, 0.5) is 0 Å². The molecule has 0 unspecified atom stereocenters. The molecule has 114 valence electrons. The van der Waals surface area contributed by atoms with Crippen molar-refractivity contribution in [3.8, 4) is 5.75 Å². The van der Waals surface area contributed by atoms with E-state index in [1.54, 1.807) is 14.2 Å². The van der Waals surface area contributed by atoms with Crippen LogP contribution in [-0.2, 0) is 9.53 Å². The maximum absolute atomic E-state index is 12.1. The summed E-state index contributed by atoms with van der Waals surface area (Å²) in [6.45, 7) is 0.475. The predicted octanol–water partition coefficient (Wildman–Crippen LogP) is 2.86. The number of amides is 1. The summed E-state index contributed by atoms with van der Waals surface area (Å²) in [5, 5.41) is 3.00. The lowest BCUT2D eigenvalue weighted by Gasteiger charge is -2.21. The molecule has 0 spiro atoms. The van der Waals surface area contributed by atoms with E-state index in [9.17, 15) is 4.79 Å². The average molecular weight is 289 g/mol. The molecule has 4 nitrogen and oxygen atoms in total. The summed E-state index contributed by atoms with van der Waals surface area (Å²) in [5.41, 5.74) is 1.00. The van der Waals surface area contributed by atoms with Crippen molar-refractivity contribution >= 4 is 5.91 Å². The Balaban J connectivity index is 1.92. The van der Waals surface area contributed by atoms with Gasteiger partial charge in [-0.25, -0.2) is 0 Å². The molecule has 0 fully saturated rings. The van der Waals surface area contributed by atoms with E-state index in [4.69, 9.17) is 9.47 Å². The van der Waals surface area contributed by atoms with Crippen molar-refractivity contribution in [2.45, 2.75) is 25.4 Å². The average Bonchev–Trinajstić information content (AvgIpc) is 2.56. The molecule has 2 atom stereocenters. The van der Waals surface area contributed by atoms with Gasteiger partial charge in [0.1, 0.15) is 5.75 Å². The number of carbonyl (C=O) groups is 1. The lowest BCUT2D eigenvalue weighted by Crippen LogP contribution is -2.34. The van der Waals surface area contributed by atoms with Gasteiger partial charge in [-0.15, -0.1) is 0 Å². The molecule has 0 saturated heterocycles. The molecule has 0 heterocycles. The van der Waals surface area contributed by atoms with Crippen LogP contribution in [0.15, 0.2) is 36.4 Å². The Morgan fingerprint density at radius 2 is 2.24 bits per heavy atom. The molecule has 0 aliphatic heterocycles. The Hall–Kier alpha value is -1.81. The van der Waals surface area contributed by atoms with Crippen LogP contribution in [0.25, 0.3) is 0 Å². The summed E-state index contributed by atoms with van der Waals surface area (Å²) in [4.78, 5) is 12.1. The molecular weight excluding hydrogens is 266 g/mol. The molecule has 21 heavy (non-hydrogen) atoms. The number of nitrogens with one attached hydrogen (secondary N) is 1. The highest BCUT2D eigenvalue weighted by Crippen LogP contribution is 2.22. The van der Waals surface area contributed by atoms with Crippen molar-refractivity contribution in [3.05, 3.63) is 42.0 Å². The molecule has 1 aliphatic carbocycles. The number of allylic oxidation sites excluding steroid dienone is 2. The van der Waals surface area contributed by atoms with Crippen LogP contribution in [0, 0.1) is 5.92 Å². The van der Waals surface area contributed by atoms with Crippen LogP contribution in [0.2, 0.25) is 0 Å². The maximum Gasteiger partial charge on any atom is 0.223 e. The lowest BCUT2D eigenvalue weighted by atomic mass is 9.93. The van der Waals surface area contributed by atoms with Crippen LogP contribution in [-0.4, -0.2) is 26.7 Å². The third-order valence-corrected chi connectivity index (χ3v) is 3.85. The van der Waals surface area contributed by atoms with Gasteiger partial charge in [0, 0.05) is 19.6 Å². The minimum atomic E-state index is -0.164. The number of benzene rings is 1. The van der Waals surface area contributed by atoms with E-state index in [2.05, 4.69) is 17.5 Å². The molecule has 1 aromatic carbocycles. The summed E-state index contributed by atoms with van der Waals surface area (Å²) in [7, 11) is 3.29. The van der Waals surface area contributed by atoms with E-state index >= 15 is 0 Å². The van der Waals surface area contributed by atoms with Crippen LogP contribution in [0.3, 0.4) is 0 Å². The van der Waals surface area contributed by atoms with Gasteiger partial charge in [0.25, 0.3) is 0 Å². The first-order valence-corrected chi connectivity index (χ1v) is 7.34.